The van der Waals surface area contributed by atoms with Gasteiger partial charge in [0.2, 0.25) is 82.7 Å². The van der Waals surface area contributed by atoms with Crippen LogP contribution in [0.2, 0.25) is 0 Å². The van der Waals surface area contributed by atoms with Crippen LogP contribution in [0.4, 0.5) is 0 Å². The minimum absolute atomic E-state index is 0.00168. The van der Waals surface area contributed by atoms with E-state index in [4.69, 9.17) is 16.9 Å². The van der Waals surface area contributed by atoms with E-state index < -0.39 is 211 Å². The molecule has 0 spiro atoms. The Morgan fingerprint density at radius 1 is 0.458 bits per heavy atom. The van der Waals surface area contributed by atoms with Crippen molar-refractivity contribution in [2.24, 2.45) is 29.2 Å². The average Bonchev–Trinajstić information content (AvgIpc) is 1.75. The molecule has 0 unspecified atom stereocenters. The fraction of sp³-hybridized carbons (Fsp3) is 0.609. The van der Waals surface area contributed by atoms with E-state index in [1.54, 1.807) is 58.2 Å². The number of fused-ring (bicyclic) bond motifs is 1. The minimum Gasteiger partial charge on any atom is -0.508 e. The van der Waals surface area contributed by atoms with Crippen molar-refractivity contribution in [3.63, 3.8) is 0 Å². The number of aliphatic carboxylic acids is 1. The van der Waals surface area contributed by atoms with Gasteiger partial charge in [0, 0.05) is 55.9 Å². The van der Waals surface area contributed by atoms with Gasteiger partial charge in [0.1, 0.15) is 90.0 Å². The molecular formula is C92H142N18O21. The van der Waals surface area contributed by atoms with E-state index in [0.717, 1.165) is 39.5 Å². The van der Waals surface area contributed by atoms with Crippen LogP contribution in [0, 0.1) is 23.2 Å². The third-order valence-corrected chi connectivity index (χ3v) is 22.6. The molecule has 1 saturated heterocycles. The zero-order chi connectivity index (χ0) is 97.3. The van der Waals surface area contributed by atoms with Crippen LogP contribution in [0.3, 0.4) is 0 Å². The van der Waals surface area contributed by atoms with Crippen molar-refractivity contribution in [1.82, 2.24) is 79.0 Å². The third-order valence-electron chi connectivity index (χ3n) is 22.6. The van der Waals surface area contributed by atoms with Crippen LogP contribution < -0.4 is 80.6 Å². The molecule has 131 heavy (non-hydrogen) atoms. The lowest BCUT2D eigenvalue weighted by molar-refractivity contribution is -0.143. The Labute approximate surface area is 765 Å². The highest BCUT2D eigenvalue weighted by atomic mass is 16.4. The Kier molecular flexibility index (Phi) is 46.7. The molecule has 1 aromatic heterocycles. The molecule has 39 nitrogen and oxygen atoms in total. The summed E-state index contributed by atoms with van der Waals surface area (Å²) in [6.45, 7) is 17.7. The lowest BCUT2D eigenvalue weighted by Crippen LogP contribution is -2.63. The summed E-state index contributed by atoms with van der Waals surface area (Å²) in [6.07, 6.45) is 9.83. The number of H-pyrrole nitrogens is 1. The van der Waals surface area contributed by atoms with E-state index in [9.17, 15) is 103 Å². The second kappa shape index (κ2) is 55.9. The lowest BCUT2D eigenvalue weighted by Gasteiger charge is -2.32. The summed E-state index contributed by atoms with van der Waals surface area (Å²) in [5.74, 6) is -16.5. The van der Waals surface area contributed by atoms with Gasteiger partial charge in [0.25, 0.3) is 0 Å². The van der Waals surface area contributed by atoms with Gasteiger partial charge in [0.05, 0.1) is 24.7 Å². The molecule has 5 rings (SSSR count). The van der Waals surface area contributed by atoms with Gasteiger partial charge in [-0.05, 0) is 137 Å². The number of carboxylic acids is 1. The standard InChI is InChI=1S/C92H142N18O21/c1-12-13-14-15-16-17-18-19-20-21-22-23-24-33-73(116)106-75(53(6)7)87(127)109-78(57(11)113)90(130)105-71(45-52(4)5)91(131)110-43-28-32-72(110)86(126)102-67(44-51(2)3)83(123)101-70(48-60-50-97-64-30-26-25-29-63(60)64)82(122)98-54(8)80(120)107-76(55(9)111)88(128)104-69(47-59-36-40-62(115)41-37-59)85(125)108-77(56(10)112)89(129)103-68(46-58-34-38-61(114)39-35-58)84(124)99-65(31-27-42-96-92(94)95)81(121)100-66(79(93)119)49-74(117)118/h25-26,29-30,34-41,50-57,65-72,75-78,97,111-115H,12-24,27-28,31-33,42-49H2,1-11H3,(H2,93,119)(H,98,122)(H,99,124)(H,100,121)(H,101,123)(H,102,126)(H,103,129)(H,104,128)(H,105,130)(H,106,116)(H,107,120)(H,108,125)(H,109,127)(H,117,118)(H4,94,95,96)/t54-,55+,56+,57+,65-,66-,67-,68-,69-,70-,71-,72-,75-,76-,77-,78-/m0/s1. The summed E-state index contributed by atoms with van der Waals surface area (Å²) < 4.78 is 0. The molecule has 25 N–H and O–H groups in total. The van der Waals surface area contributed by atoms with Gasteiger partial charge in [-0.1, -0.05) is 168 Å². The predicted octanol–water partition coefficient (Wildman–Crippen LogP) is 2.03. The number of aromatic hydroxyl groups is 2. The number of aromatic nitrogens is 1. The molecule has 39 heteroatoms. The van der Waals surface area contributed by atoms with Crippen molar-refractivity contribution in [3.05, 3.63) is 95.7 Å². The smallest absolute Gasteiger partial charge is 0.305 e. The quantitative estimate of drug-likeness (QED) is 0.0171. The molecule has 4 aromatic rings. The SMILES string of the molecule is CCCCCCCCCCCCCCCC(=O)N[C@H](C(=O)N[C@H](C(=O)N[C@@H](CC(C)C)C(=O)N1CCC[C@H]1C(=O)N[C@@H](CC(C)C)C(=O)N[C@@H](Cc1c[nH]c2ccccc12)C(=O)N[C@@H](C)C(=O)N[C@H](C(=O)N[C@@H](Cc1ccc(O)cc1)C(=O)N[C@H](C(=O)N[C@@H](Cc1ccc(O)cc1)C(=O)N[C@@H](CCCNC(=N)N)C(=O)N[C@@H](CC(=O)O)C(N)=O)[C@@H](C)O)[C@@H](C)O)[C@@H](C)O)C(C)C. The fourth-order valence-corrected chi connectivity index (χ4v) is 15.3. The summed E-state index contributed by atoms with van der Waals surface area (Å²) in [6, 6.07) is -2.66. The lowest BCUT2D eigenvalue weighted by atomic mass is 9.99. The number of unbranched alkanes of at least 4 members (excludes halogenated alkanes) is 12. The van der Waals surface area contributed by atoms with E-state index in [1.807, 2.05) is 13.8 Å². The van der Waals surface area contributed by atoms with E-state index in [-0.39, 0.29) is 92.8 Å². The second-order valence-electron chi connectivity index (χ2n) is 35.4. The Balaban J connectivity index is 1.33. The van der Waals surface area contributed by atoms with Gasteiger partial charge >= 0.3 is 5.97 Å². The molecule has 1 aliphatic heterocycles. The number of primary amides is 1. The number of phenolic OH excluding ortho intramolecular Hbond substituents is 2. The van der Waals surface area contributed by atoms with Crippen LogP contribution in [-0.4, -0.2) is 245 Å². The van der Waals surface area contributed by atoms with Crippen LogP contribution in [0.25, 0.3) is 10.9 Å². The zero-order valence-corrected chi connectivity index (χ0v) is 77.3. The number of nitrogens with one attached hydrogen (secondary N) is 15. The largest absolute Gasteiger partial charge is 0.508 e. The molecule has 1 fully saturated rings. The number of rotatable bonds is 59. The molecule has 14 amide bonds. The van der Waals surface area contributed by atoms with Gasteiger partial charge in [-0.2, -0.15) is 0 Å². The molecule has 16 atom stereocenters. The van der Waals surface area contributed by atoms with Gasteiger partial charge in [0.15, 0.2) is 5.96 Å². The molecule has 0 radical (unpaired) electrons. The summed E-state index contributed by atoms with van der Waals surface area (Å²) in [5.41, 5.74) is 12.6. The number of benzene rings is 3. The number of aliphatic hydroxyl groups is 3. The Morgan fingerprint density at radius 3 is 1.37 bits per heavy atom. The summed E-state index contributed by atoms with van der Waals surface area (Å²) in [5, 5.41) is 105. The van der Waals surface area contributed by atoms with Crippen LogP contribution in [0.15, 0.2) is 79.0 Å². The number of guanidine groups is 1. The first kappa shape index (κ1) is 110. The number of amides is 14. The first-order valence-corrected chi connectivity index (χ1v) is 45.7. The molecule has 1 aliphatic rings. The van der Waals surface area contributed by atoms with Crippen molar-refractivity contribution < 1.29 is 103 Å². The highest BCUT2D eigenvalue weighted by molar-refractivity contribution is 6.01. The van der Waals surface area contributed by atoms with Gasteiger partial charge in [-0.25, -0.2) is 0 Å². The first-order chi connectivity index (χ1) is 62.0. The number of carboxylic acid groups (broad SMARTS) is 1. The Bertz CT molecular complexity index is 4430. The number of hydrogen-bond acceptors (Lipinski definition) is 21. The first-order valence-electron chi connectivity index (χ1n) is 45.7. The monoisotopic (exact) mass is 1840 g/mol. The van der Waals surface area contributed by atoms with Crippen LogP contribution >= 0.6 is 0 Å². The van der Waals surface area contributed by atoms with Crippen molar-refractivity contribution in [2.75, 3.05) is 13.1 Å². The highest BCUT2D eigenvalue weighted by Crippen LogP contribution is 2.25. The number of phenols is 2. The van der Waals surface area contributed by atoms with E-state index >= 15 is 0 Å². The predicted molar refractivity (Wildman–Crippen MR) is 489 cm³/mol. The number of carbonyl (C=O) groups excluding carboxylic acids is 14. The summed E-state index contributed by atoms with van der Waals surface area (Å²) >= 11 is 0. The number of carbonyl (C=O) groups is 15. The number of aromatic amines is 1. The van der Waals surface area contributed by atoms with Crippen LogP contribution in [0.5, 0.6) is 11.5 Å². The van der Waals surface area contributed by atoms with Crippen molar-refractivity contribution in [1.29, 1.82) is 5.41 Å². The number of aliphatic hydroxyl groups excluding tert-OH is 3. The van der Waals surface area contributed by atoms with Gasteiger partial charge in [-0.3, -0.25) is 77.3 Å². The van der Waals surface area contributed by atoms with Crippen LogP contribution in [0.1, 0.15) is 228 Å². The zero-order valence-electron chi connectivity index (χ0n) is 77.3. The molecular weight excluding hydrogens is 1690 g/mol. The Hall–Kier alpha value is -12.0. The second-order valence-corrected chi connectivity index (χ2v) is 35.4. The maximum Gasteiger partial charge on any atom is 0.305 e. The maximum atomic E-state index is 15.0. The Morgan fingerprint density at radius 2 is 0.878 bits per heavy atom. The summed E-state index contributed by atoms with van der Waals surface area (Å²) in [4.78, 5) is 216. The van der Waals surface area contributed by atoms with E-state index in [1.165, 1.54) is 119 Å². The van der Waals surface area contributed by atoms with Gasteiger partial charge in [-0.15, -0.1) is 0 Å². The van der Waals surface area contributed by atoms with E-state index in [0.29, 0.717) is 34.9 Å². The molecule has 2 heterocycles. The maximum absolute atomic E-state index is 15.0. The average molecular weight is 1840 g/mol. The van der Waals surface area contributed by atoms with Crippen LogP contribution in [-0.2, 0) is 91.2 Å². The van der Waals surface area contributed by atoms with Crippen molar-refractivity contribution >= 4 is 106 Å². The molecule has 3 aromatic carbocycles. The molecule has 0 saturated carbocycles. The summed E-state index contributed by atoms with van der Waals surface area (Å²) in [7, 11) is 0. The normalized spacial score (nSPS) is 16.0. The molecule has 0 aliphatic carbocycles. The molecule has 0 bridgehead atoms. The van der Waals surface area contributed by atoms with Crippen molar-refractivity contribution in [3.8, 4) is 11.5 Å². The minimum atomic E-state index is -1.99. The fourth-order valence-electron chi connectivity index (χ4n) is 15.3. The topological polar surface area (TPSA) is 629 Å². The van der Waals surface area contributed by atoms with Crippen molar-refractivity contribution in [2.45, 2.75) is 327 Å². The number of nitrogens with zero attached hydrogens (tertiary/aromatic N) is 1. The third kappa shape index (κ3) is 38.2. The number of likely N-dealkylation sites (tertiary alicyclic amines) is 1. The number of nitrogens with two attached hydrogens (primary N) is 2. The highest BCUT2D eigenvalue weighted by Gasteiger charge is 2.43. The van der Waals surface area contributed by atoms with E-state index in [2.05, 4.69) is 81.0 Å². The number of para-hydroxylation sites is 1. The molecule has 726 valence electrons. The van der Waals surface area contributed by atoms with Gasteiger partial charge < -0.3 is 121 Å². The number of hydrogen-bond donors (Lipinski definition) is 23.